The maximum absolute atomic E-state index is 13.4. The van der Waals surface area contributed by atoms with Crippen molar-refractivity contribution in [1.82, 2.24) is 5.32 Å². The van der Waals surface area contributed by atoms with Crippen molar-refractivity contribution in [3.05, 3.63) is 34.6 Å². The van der Waals surface area contributed by atoms with Crippen LogP contribution >= 0.6 is 0 Å². The summed E-state index contributed by atoms with van der Waals surface area (Å²) in [5.41, 5.74) is 7.80. The monoisotopic (exact) mass is 252 g/mol. The van der Waals surface area contributed by atoms with Gasteiger partial charge in [-0.15, -0.1) is 0 Å². The fourth-order valence-electron chi connectivity index (χ4n) is 1.75. The predicted octanol–water partition coefficient (Wildman–Crippen LogP) is 2.04. The molecule has 0 heterocycles. The highest BCUT2D eigenvalue weighted by Gasteiger charge is 2.16. The van der Waals surface area contributed by atoms with Crippen molar-refractivity contribution in [2.45, 2.75) is 40.3 Å². The SMILES string of the molecule is Cc1cc(CNC(=O)C(N)C(C)C)cc(C)c1F. The Hall–Kier alpha value is -1.42. The molecule has 3 N–H and O–H groups in total. The number of nitrogens with two attached hydrogens (primary N) is 1. The highest BCUT2D eigenvalue weighted by molar-refractivity contribution is 5.81. The van der Waals surface area contributed by atoms with Crippen LogP contribution in [0.2, 0.25) is 0 Å². The lowest BCUT2D eigenvalue weighted by Gasteiger charge is -2.15. The molecule has 0 radical (unpaired) electrons. The summed E-state index contributed by atoms with van der Waals surface area (Å²) in [6, 6.07) is 2.97. The lowest BCUT2D eigenvalue weighted by atomic mass is 10.0. The Morgan fingerprint density at radius 2 is 1.83 bits per heavy atom. The van der Waals surface area contributed by atoms with Gasteiger partial charge in [0, 0.05) is 6.54 Å². The predicted molar refractivity (Wildman–Crippen MR) is 70.5 cm³/mol. The van der Waals surface area contributed by atoms with Crippen molar-refractivity contribution in [1.29, 1.82) is 0 Å². The van der Waals surface area contributed by atoms with E-state index in [0.29, 0.717) is 17.7 Å². The summed E-state index contributed by atoms with van der Waals surface area (Å²) in [6.45, 7) is 7.61. The van der Waals surface area contributed by atoms with Gasteiger partial charge in [-0.05, 0) is 36.5 Å². The molecule has 1 amide bonds. The van der Waals surface area contributed by atoms with Crippen LogP contribution in [0.1, 0.15) is 30.5 Å². The summed E-state index contributed by atoms with van der Waals surface area (Å²) in [7, 11) is 0. The van der Waals surface area contributed by atoms with Crippen LogP contribution in [0.25, 0.3) is 0 Å². The topological polar surface area (TPSA) is 55.1 Å². The highest BCUT2D eigenvalue weighted by Crippen LogP contribution is 2.14. The molecule has 1 aromatic rings. The van der Waals surface area contributed by atoms with E-state index < -0.39 is 6.04 Å². The number of hydrogen-bond acceptors (Lipinski definition) is 2. The molecule has 0 saturated carbocycles. The molecule has 18 heavy (non-hydrogen) atoms. The third-order valence-electron chi connectivity index (χ3n) is 2.98. The van der Waals surface area contributed by atoms with Crippen LogP contribution in [0.3, 0.4) is 0 Å². The molecule has 0 bridgehead atoms. The van der Waals surface area contributed by atoms with E-state index >= 15 is 0 Å². The molecule has 0 aromatic heterocycles. The average molecular weight is 252 g/mol. The second-order valence-corrected chi connectivity index (χ2v) is 5.03. The smallest absolute Gasteiger partial charge is 0.237 e. The zero-order valence-corrected chi connectivity index (χ0v) is 11.4. The number of halogens is 1. The van der Waals surface area contributed by atoms with Crippen LogP contribution in [0.5, 0.6) is 0 Å². The molecule has 0 aliphatic carbocycles. The van der Waals surface area contributed by atoms with Gasteiger partial charge in [0.2, 0.25) is 5.91 Å². The number of hydrogen-bond donors (Lipinski definition) is 2. The van der Waals surface area contributed by atoms with Gasteiger partial charge in [-0.1, -0.05) is 26.0 Å². The van der Waals surface area contributed by atoms with Crippen molar-refractivity contribution >= 4 is 5.91 Å². The molecule has 0 spiro atoms. The summed E-state index contributed by atoms with van der Waals surface area (Å²) < 4.78 is 13.4. The molecule has 0 aliphatic heterocycles. The molecule has 0 fully saturated rings. The molecular weight excluding hydrogens is 231 g/mol. The minimum absolute atomic E-state index is 0.0988. The molecule has 0 saturated heterocycles. The Bertz CT molecular complexity index is 420. The van der Waals surface area contributed by atoms with E-state index in [9.17, 15) is 9.18 Å². The van der Waals surface area contributed by atoms with Crippen LogP contribution < -0.4 is 11.1 Å². The molecule has 1 unspecified atom stereocenters. The van der Waals surface area contributed by atoms with Crippen LogP contribution in [0, 0.1) is 25.6 Å². The Balaban J connectivity index is 2.67. The fourth-order valence-corrected chi connectivity index (χ4v) is 1.75. The van der Waals surface area contributed by atoms with E-state index in [4.69, 9.17) is 5.73 Å². The van der Waals surface area contributed by atoms with Crippen LogP contribution in [0.15, 0.2) is 12.1 Å². The standard InChI is InChI=1S/C14H21FN2O/c1-8(2)13(16)14(18)17-7-11-5-9(3)12(15)10(4)6-11/h5-6,8,13H,7,16H2,1-4H3,(H,17,18). The van der Waals surface area contributed by atoms with Gasteiger partial charge in [0.05, 0.1) is 6.04 Å². The lowest BCUT2D eigenvalue weighted by molar-refractivity contribution is -0.123. The first-order valence-corrected chi connectivity index (χ1v) is 6.11. The van der Waals surface area contributed by atoms with E-state index in [-0.39, 0.29) is 17.6 Å². The molecule has 0 aliphatic rings. The van der Waals surface area contributed by atoms with Gasteiger partial charge in [-0.25, -0.2) is 4.39 Å². The Kier molecular flexibility index (Phi) is 4.84. The fraction of sp³-hybridized carbons (Fsp3) is 0.500. The number of aryl methyl sites for hydroxylation is 2. The molecule has 100 valence electrons. The zero-order chi connectivity index (χ0) is 13.9. The van der Waals surface area contributed by atoms with Crippen LogP contribution in [-0.4, -0.2) is 11.9 Å². The highest BCUT2D eigenvalue weighted by atomic mass is 19.1. The maximum atomic E-state index is 13.4. The van der Waals surface area contributed by atoms with Crippen LogP contribution in [-0.2, 0) is 11.3 Å². The first kappa shape index (κ1) is 14.6. The summed E-state index contributed by atoms with van der Waals surface area (Å²) in [5.74, 6) is -0.268. The Labute approximate surface area is 108 Å². The van der Waals surface area contributed by atoms with Gasteiger partial charge >= 0.3 is 0 Å². The van der Waals surface area contributed by atoms with E-state index in [1.165, 1.54) is 0 Å². The second-order valence-electron chi connectivity index (χ2n) is 5.03. The molecule has 3 nitrogen and oxygen atoms in total. The molecule has 1 rings (SSSR count). The third kappa shape index (κ3) is 3.53. The van der Waals surface area contributed by atoms with Crippen LogP contribution in [0.4, 0.5) is 4.39 Å². The van der Waals surface area contributed by atoms with Gasteiger partial charge in [0.1, 0.15) is 5.82 Å². The van der Waals surface area contributed by atoms with E-state index in [2.05, 4.69) is 5.32 Å². The average Bonchev–Trinajstić information content (AvgIpc) is 2.31. The first-order valence-electron chi connectivity index (χ1n) is 6.11. The van der Waals surface area contributed by atoms with E-state index in [1.54, 1.807) is 26.0 Å². The summed E-state index contributed by atoms with van der Waals surface area (Å²) in [6.07, 6.45) is 0. The van der Waals surface area contributed by atoms with Gasteiger partial charge in [0.15, 0.2) is 0 Å². The van der Waals surface area contributed by atoms with Crippen molar-refractivity contribution in [3.63, 3.8) is 0 Å². The minimum Gasteiger partial charge on any atom is -0.351 e. The number of nitrogens with one attached hydrogen (secondary N) is 1. The van der Waals surface area contributed by atoms with Gasteiger partial charge in [-0.3, -0.25) is 4.79 Å². The number of amides is 1. The van der Waals surface area contributed by atoms with Crippen molar-refractivity contribution in [2.75, 3.05) is 0 Å². The Morgan fingerprint density at radius 3 is 2.28 bits per heavy atom. The largest absolute Gasteiger partial charge is 0.351 e. The van der Waals surface area contributed by atoms with Gasteiger partial charge < -0.3 is 11.1 Å². The number of carbonyl (C=O) groups is 1. The van der Waals surface area contributed by atoms with E-state index in [1.807, 2.05) is 13.8 Å². The third-order valence-corrected chi connectivity index (χ3v) is 2.98. The quantitative estimate of drug-likeness (QED) is 0.861. The van der Waals surface area contributed by atoms with E-state index in [0.717, 1.165) is 5.56 Å². The lowest BCUT2D eigenvalue weighted by Crippen LogP contribution is -2.43. The summed E-state index contributed by atoms with van der Waals surface area (Å²) in [5, 5.41) is 2.77. The number of benzene rings is 1. The van der Waals surface area contributed by atoms with Crippen molar-refractivity contribution in [3.8, 4) is 0 Å². The van der Waals surface area contributed by atoms with Crippen molar-refractivity contribution in [2.24, 2.45) is 11.7 Å². The normalized spacial score (nSPS) is 12.6. The summed E-state index contributed by atoms with van der Waals surface area (Å²) in [4.78, 5) is 11.7. The maximum Gasteiger partial charge on any atom is 0.237 e. The minimum atomic E-state index is -0.507. The number of carbonyl (C=O) groups excluding carboxylic acids is 1. The van der Waals surface area contributed by atoms with Crippen molar-refractivity contribution < 1.29 is 9.18 Å². The zero-order valence-electron chi connectivity index (χ0n) is 11.4. The van der Waals surface area contributed by atoms with Gasteiger partial charge in [0.25, 0.3) is 0 Å². The molecule has 1 atom stereocenters. The summed E-state index contributed by atoms with van der Waals surface area (Å²) >= 11 is 0. The Morgan fingerprint density at radius 1 is 1.33 bits per heavy atom. The molecular formula is C14H21FN2O. The van der Waals surface area contributed by atoms with Gasteiger partial charge in [-0.2, -0.15) is 0 Å². The molecule has 1 aromatic carbocycles. The molecule has 4 heteroatoms. The number of rotatable bonds is 4. The first-order chi connectivity index (χ1) is 8.32. The second kappa shape index (κ2) is 5.96.